The summed E-state index contributed by atoms with van der Waals surface area (Å²) in [5.74, 6) is 0. The van der Waals surface area contributed by atoms with Crippen molar-refractivity contribution in [2.24, 2.45) is 5.41 Å². The van der Waals surface area contributed by atoms with E-state index in [4.69, 9.17) is 0 Å². The van der Waals surface area contributed by atoms with E-state index in [0.29, 0.717) is 11.5 Å². The first kappa shape index (κ1) is 12.9. The molecule has 0 spiro atoms. The molecule has 3 aliphatic carbocycles. The SMILES string of the molecule is CNC1=C(C2=C3C(=CC2)C3(C)C)C(NC)c2ccccc21. The van der Waals surface area contributed by atoms with Gasteiger partial charge in [0.05, 0.1) is 6.04 Å². The van der Waals surface area contributed by atoms with Crippen LogP contribution in [0.25, 0.3) is 5.70 Å². The van der Waals surface area contributed by atoms with Crippen LogP contribution >= 0.6 is 0 Å². The highest BCUT2D eigenvalue weighted by molar-refractivity contribution is 5.84. The molecule has 108 valence electrons. The molecule has 1 unspecified atom stereocenters. The summed E-state index contributed by atoms with van der Waals surface area (Å²) < 4.78 is 0. The first-order chi connectivity index (χ1) is 10.1. The maximum absolute atomic E-state index is 3.52. The molecular weight excluding hydrogens is 256 g/mol. The molecule has 0 amide bonds. The smallest absolute Gasteiger partial charge is 0.0604 e. The van der Waals surface area contributed by atoms with Gasteiger partial charge in [0.15, 0.2) is 0 Å². The third kappa shape index (κ3) is 1.51. The van der Waals surface area contributed by atoms with Crippen LogP contribution in [0.1, 0.15) is 37.4 Å². The first-order valence-electron chi connectivity index (χ1n) is 7.74. The van der Waals surface area contributed by atoms with Crippen LogP contribution in [0.2, 0.25) is 0 Å². The fraction of sp³-hybridized carbons (Fsp3) is 0.368. The van der Waals surface area contributed by atoms with Crippen LogP contribution in [0, 0.1) is 5.41 Å². The zero-order chi connectivity index (χ0) is 14.8. The molecule has 0 aliphatic heterocycles. The van der Waals surface area contributed by atoms with Crippen LogP contribution in [0.3, 0.4) is 0 Å². The molecule has 4 rings (SSSR count). The van der Waals surface area contributed by atoms with Gasteiger partial charge in [-0.1, -0.05) is 44.2 Å². The van der Waals surface area contributed by atoms with Gasteiger partial charge < -0.3 is 10.6 Å². The molecule has 0 saturated heterocycles. The molecule has 0 aromatic heterocycles. The predicted octanol–water partition coefficient (Wildman–Crippen LogP) is 3.56. The number of fused-ring (bicyclic) bond motifs is 2. The molecule has 21 heavy (non-hydrogen) atoms. The van der Waals surface area contributed by atoms with Crippen LogP contribution in [0.15, 0.2) is 52.6 Å². The second-order valence-corrected chi connectivity index (χ2v) is 6.65. The number of allylic oxidation sites excluding steroid dienone is 3. The van der Waals surface area contributed by atoms with E-state index in [2.05, 4.69) is 61.9 Å². The van der Waals surface area contributed by atoms with Crippen molar-refractivity contribution >= 4 is 5.70 Å². The van der Waals surface area contributed by atoms with Gasteiger partial charge in [-0.25, -0.2) is 0 Å². The zero-order valence-electron chi connectivity index (χ0n) is 13.2. The zero-order valence-corrected chi connectivity index (χ0v) is 13.2. The Morgan fingerprint density at radius 3 is 2.52 bits per heavy atom. The number of hydrogen-bond donors (Lipinski definition) is 2. The summed E-state index contributed by atoms with van der Waals surface area (Å²) in [5, 5.41) is 6.98. The summed E-state index contributed by atoms with van der Waals surface area (Å²) in [7, 11) is 4.10. The lowest BCUT2D eigenvalue weighted by Gasteiger charge is -2.19. The number of hydrogen-bond acceptors (Lipinski definition) is 2. The van der Waals surface area contributed by atoms with Crippen molar-refractivity contribution in [2.45, 2.75) is 26.3 Å². The fourth-order valence-electron chi connectivity index (χ4n) is 4.26. The van der Waals surface area contributed by atoms with E-state index >= 15 is 0 Å². The minimum Gasteiger partial charge on any atom is -0.387 e. The molecule has 2 N–H and O–H groups in total. The molecule has 0 radical (unpaired) electrons. The number of benzene rings is 1. The van der Waals surface area contributed by atoms with Crippen molar-refractivity contribution in [2.75, 3.05) is 14.1 Å². The molecular formula is C19H22N2. The average molecular weight is 278 g/mol. The number of nitrogens with one attached hydrogen (secondary N) is 2. The van der Waals surface area contributed by atoms with E-state index in [-0.39, 0.29) is 0 Å². The van der Waals surface area contributed by atoms with Crippen LogP contribution < -0.4 is 10.6 Å². The molecule has 1 atom stereocenters. The van der Waals surface area contributed by atoms with E-state index in [0.717, 1.165) is 6.42 Å². The lowest BCUT2D eigenvalue weighted by molar-refractivity contribution is 0.681. The summed E-state index contributed by atoms with van der Waals surface area (Å²) in [5.41, 5.74) is 10.5. The molecule has 1 aromatic carbocycles. The molecule has 2 nitrogen and oxygen atoms in total. The van der Waals surface area contributed by atoms with Crippen molar-refractivity contribution < 1.29 is 0 Å². The molecule has 1 saturated carbocycles. The maximum atomic E-state index is 3.52. The molecule has 1 fully saturated rings. The Balaban J connectivity index is 1.91. The van der Waals surface area contributed by atoms with Crippen LogP contribution in [-0.2, 0) is 0 Å². The molecule has 0 heterocycles. The Hall–Kier alpha value is -1.80. The van der Waals surface area contributed by atoms with E-state index in [1.165, 1.54) is 28.0 Å². The van der Waals surface area contributed by atoms with Gasteiger partial charge in [0, 0.05) is 29.3 Å². The summed E-state index contributed by atoms with van der Waals surface area (Å²) >= 11 is 0. The van der Waals surface area contributed by atoms with Crippen LogP contribution in [-0.4, -0.2) is 14.1 Å². The highest BCUT2D eigenvalue weighted by Gasteiger charge is 2.52. The van der Waals surface area contributed by atoms with E-state index in [1.807, 2.05) is 7.05 Å². The van der Waals surface area contributed by atoms with E-state index in [9.17, 15) is 0 Å². The van der Waals surface area contributed by atoms with Crippen molar-refractivity contribution in [1.29, 1.82) is 0 Å². The Kier molecular flexibility index (Phi) is 2.52. The van der Waals surface area contributed by atoms with Crippen molar-refractivity contribution in [3.05, 3.63) is 63.8 Å². The Labute approximate surface area is 126 Å². The normalized spacial score (nSPS) is 25.0. The summed E-state index contributed by atoms with van der Waals surface area (Å²) in [4.78, 5) is 0. The van der Waals surface area contributed by atoms with Gasteiger partial charge in [-0.3, -0.25) is 0 Å². The molecule has 0 bridgehead atoms. The maximum Gasteiger partial charge on any atom is 0.0604 e. The van der Waals surface area contributed by atoms with Crippen LogP contribution in [0.4, 0.5) is 0 Å². The van der Waals surface area contributed by atoms with Crippen LogP contribution in [0.5, 0.6) is 0 Å². The molecule has 3 aliphatic rings. The third-order valence-corrected chi connectivity index (χ3v) is 5.28. The van der Waals surface area contributed by atoms with Gasteiger partial charge in [-0.2, -0.15) is 0 Å². The van der Waals surface area contributed by atoms with Crippen molar-refractivity contribution in [3.8, 4) is 0 Å². The van der Waals surface area contributed by atoms with Gasteiger partial charge in [0.1, 0.15) is 0 Å². The minimum atomic E-state index is 0.298. The summed E-state index contributed by atoms with van der Waals surface area (Å²) in [6.45, 7) is 4.67. The van der Waals surface area contributed by atoms with Gasteiger partial charge in [-0.05, 0) is 35.8 Å². The molecule has 2 heteroatoms. The quantitative estimate of drug-likeness (QED) is 0.883. The van der Waals surface area contributed by atoms with Crippen molar-refractivity contribution in [1.82, 2.24) is 10.6 Å². The predicted molar refractivity (Wildman–Crippen MR) is 87.7 cm³/mol. The first-order valence-corrected chi connectivity index (χ1v) is 7.74. The highest BCUT2D eigenvalue weighted by Crippen LogP contribution is 2.65. The van der Waals surface area contributed by atoms with E-state index < -0.39 is 0 Å². The largest absolute Gasteiger partial charge is 0.387 e. The minimum absolute atomic E-state index is 0.298. The number of likely N-dealkylation sites (N-methyl/N-ethyl adjacent to an activating group) is 1. The standard InChI is InChI=1S/C19H22N2/c1-19(2)14-10-9-13(16(14)19)15-17(20-3)11-7-5-6-8-12(11)18(15)21-4/h5-8,10,17,20-21H,9H2,1-4H3. The van der Waals surface area contributed by atoms with E-state index in [1.54, 1.807) is 11.1 Å². The third-order valence-electron chi connectivity index (χ3n) is 5.28. The summed E-state index contributed by atoms with van der Waals surface area (Å²) in [6.07, 6.45) is 3.50. The molecule has 1 aromatic rings. The summed E-state index contributed by atoms with van der Waals surface area (Å²) in [6, 6.07) is 9.04. The Morgan fingerprint density at radius 1 is 1.14 bits per heavy atom. The Morgan fingerprint density at radius 2 is 1.90 bits per heavy atom. The fourth-order valence-corrected chi connectivity index (χ4v) is 4.26. The van der Waals surface area contributed by atoms with Gasteiger partial charge >= 0.3 is 0 Å². The monoisotopic (exact) mass is 278 g/mol. The number of rotatable bonds is 3. The second kappa shape index (κ2) is 4.11. The lowest BCUT2D eigenvalue weighted by Crippen LogP contribution is -2.18. The van der Waals surface area contributed by atoms with Gasteiger partial charge in [0.25, 0.3) is 0 Å². The average Bonchev–Trinajstić information content (AvgIpc) is 2.88. The topological polar surface area (TPSA) is 24.1 Å². The highest BCUT2D eigenvalue weighted by atomic mass is 14.9. The van der Waals surface area contributed by atoms with Gasteiger partial charge in [0.2, 0.25) is 0 Å². The second-order valence-electron chi connectivity index (χ2n) is 6.65. The Bertz CT molecular complexity index is 732. The van der Waals surface area contributed by atoms with Crippen molar-refractivity contribution in [3.63, 3.8) is 0 Å². The lowest BCUT2D eigenvalue weighted by atomic mass is 9.93. The van der Waals surface area contributed by atoms with Gasteiger partial charge in [-0.15, -0.1) is 0 Å².